The number of benzene rings is 1. The lowest BCUT2D eigenvalue weighted by Gasteiger charge is -2.07. The van der Waals surface area contributed by atoms with Gasteiger partial charge in [-0.05, 0) is 24.5 Å². The lowest BCUT2D eigenvalue weighted by molar-refractivity contribution is 0.414. The average Bonchev–Trinajstić information content (AvgIpc) is 2.90. The first kappa shape index (κ1) is 16.0. The molecule has 0 saturated carbocycles. The van der Waals surface area contributed by atoms with Crippen molar-refractivity contribution in [3.8, 4) is 11.4 Å². The molecule has 1 aromatic carbocycles. The van der Waals surface area contributed by atoms with Gasteiger partial charge >= 0.3 is 11.2 Å². The summed E-state index contributed by atoms with van der Waals surface area (Å²) in [5.74, 6) is 1.11. The summed E-state index contributed by atoms with van der Waals surface area (Å²) >= 11 is 0. The topological polar surface area (TPSA) is 70.5 Å². The predicted octanol–water partition coefficient (Wildman–Crippen LogP) is 1.70. The first-order chi connectivity index (χ1) is 11.5. The van der Waals surface area contributed by atoms with Crippen molar-refractivity contribution in [1.29, 1.82) is 0 Å². The van der Waals surface area contributed by atoms with Crippen molar-refractivity contribution >= 4 is 5.65 Å². The second kappa shape index (κ2) is 6.35. The Morgan fingerprint density at radius 3 is 2.71 bits per heavy atom. The van der Waals surface area contributed by atoms with Crippen LogP contribution in [0.2, 0.25) is 0 Å². The number of aryl methyl sites for hydroxylation is 1. The number of rotatable bonds is 5. The summed E-state index contributed by atoms with van der Waals surface area (Å²) in [5, 5.41) is 4.22. The van der Waals surface area contributed by atoms with E-state index in [0.717, 1.165) is 6.42 Å². The molecule has 3 rings (SSSR count). The van der Waals surface area contributed by atoms with Gasteiger partial charge in [-0.3, -0.25) is 9.36 Å². The fourth-order valence-corrected chi connectivity index (χ4v) is 2.50. The summed E-state index contributed by atoms with van der Waals surface area (Å²) in [7, 11) is 1.57. The minimum absolute atomic E-state index is 0.120. The van der Waals surface area contributed by atoms with E-state index in [0.29, 0.717) is 23.9 Å². The fourth-order valence-electron chi connectivity index (χ4n) is 2.50. The SMILES string of the molecule is COc1cccc(-n2ccn3c(=O)n(CCC(C)C)nc3c2=O)c1. The summed E-state index contributed by atoms with van der Waals surface area (Å²) < 4.78 is 9.29. The summed E-state index contributed by atoms with van der Waals surface area (Å²) in [6.45, 7) is 4.66. The summed E-state index contributed by atoms with van der Waals surface area (Å²) in [4.78, 5) is 25.1. The van der Waals surface area contributed by atoms with Gasteiger partial charge in [-0.1, -0.05) is 19.9 Å². The highest BCUT2D eigenvalue weighted by atomic mass is 16.5. The van der Waals surface area contributed by atoms with Crippen LogP contribution < -0.4 is 16.0 Å². The third-order valence-electron chi connectivity index (χ3n) is 3.90. The largest absolute Gasteiger partial charge is 0.497 e. The van der Waals surface area contributed by atoms with E-state index in [1.807, 2.05) is 0 Å². The number of nitrogens with zero attached hydrogens (tertiary/aromatic N) is 4. The Morgan fingerprint density at radius 2 is 2.00 bits per heavy atom. The van der Waals surface area contributed by atoms with Crippen molar-refractivity contribution in [3.05, 3.63) is 57.5 Å². The van der Waals surface area contributed by atoms with Crippen molar-refractivity contribution in [2.45, 2.75) is 26.8 Å². The first-order valence-corrected chi connectivity index (χ1v) is 7.86. The minimum atomic E-state index is -0.342. The molecule has 2 aromatic heterocycles. The molecule has 0 aliphatic carbocycles. The number of hydrogen-bond acceptors (Lipinski definition) is 4. The van der Waals surface area contributed by atoms with Crippen LogP contribution in [0.1, 0.15) is 20.3 Å². The van der Waals surface area contributed by atoms with E-state index >= 15 is 0 Å². The molecule has 0 spiro atoms. The minimum Gasteiger partial charge on any atom is -0.497 e. The van der Waals surface area contributed by atoms with E-state index < -0.39 is 0 Å². The molecule has 0 amide bonds. The van der Waals surface area contributed by atoms with Gasteiger partial charge in [0.1, 0.15) is 5.75 Å². The molecule has 0 saturated heterocycles. The zero-order valence-electron chi connectivity index (χ0n) is 14.0. The highest BCUT2D eigenvalue weighted by Gasteiger charge is 2.13. The molecule has 126 valence electrons. The quantitative estimate of drug-likeness (QED) is 0.715. The maximum absolute atomic E-state index is 12.7. The molecular weight excluding hydrogens is 308 g/mol. The first-order valence-electron chi connectivity index (χ1n) is 7.86. The zero-order valence-corrected chi connectivity index (χ0v) is 14.0. The molecule has 7 heteroatoms. The summed E-state index contributed by atoms with van der Waals surface area (Å²) in [6, 6.07) is 7.16. The van der Waals surface area contributed by atoms with Crippen molar-refractivity contribution in [2.24, 2.45) is 5.92 Å². The maximum atomic E-state index is 12.7. The van der Waals surface area contributed by atoms with Crippen LogP contribution in [0.3, 0.4) is 0 Å². The summed E-state index contributed by atoms with van der Waals surface area (Å²) in [5.41, 5.74) is 0.145. The number of fused-ring (bicyclic) bond motifs is 1. The van der Waals surface area contributed by atoms with Gasteiger partial charge in [-0.2, -0.15) is 0 Å². The van der Waals surface area contributed by atoms with Crippen LogP contribution in [-0.4, -0.2) is 25.9 Å². The van der Waals surface area contributed by atoms with Crippen molar-refractivity contribution in [3.63, 3.8) is 0 Å². The molecule has 0 atom stereocenters. The lowest BCUT2D eigenvalue weighted by atomic mass is 10.1. The number of hydrogen-bond donors (Lipinski definition) is 0. The van der Waals surface area contributed by atoms with Gasteiger partial charge in [-0.15, -0.1) is 5.10 Å². The van der Waals surface area contributed by atoms with E-state index in [-0.39, 0.29) is 16.9 Å². The Labute approximate surface area is 138 Å². The number of ether oxygens (including phenoxy) is 1. The van der Waals surface area contributed by atoms with Crippen molar-refractivity contribution in [1.82, 2.24) is 18.7 Å². The number of methoxy groups -OCH3 is 1. The third kappa shape index (κ3) is 2.84. The maximum Gasteiger partial charge on any atom is 0.350 e. The van der Waals surface area contributed by atoms with Gasteiger partial charge in [0.15, 0.2) is 0 Å². The number of aromatic nitrogens is 4. The van der Waals surface area contributed by atoms with E-state index in [9.17, 15) is 9.59 Å². The molecule has 24 heavy (non-hydrogen) atoms. The van der Waals surface area contributed by atoms with E-state index in [1.54, 1.807) is 43.8 Å². The van der Waals surface area contributed by atoms with Gasteiger partial charge in [0.25, 0.3) is 0 Å². The molecular formula is C17H20N4O3. The van der Waals surface area contributed by atoms with E-state index in [4.69, 9.17) is 4.74 Å². The van der Waals surface area contributed by atoms with Gasteiger partial charge in [0, 0.05) is 25.0 Å². The van der Waals surface area contributed by atoms with Gasteiger partial charge in [0.2, 0.25) is 5.65 Å². The Kier molecular flexibility index (Phi) is 4.24. The molecule has 0 radical (unpaired) electrons. The predicted molar refractivity (Wildman–Crippen MR) is 91.1 cm³/mol. The Hall–Kier alpha value is -2.83. The molecule has 2 heterocycles. The molecule has 3 aromatic rings. The third-order valence-corrected chi connectivity index (χ3v) is 3.90. The van der Waals surface area contributed by atoms with Gasteiger partial charge in [-0.25, -0.2) is 13.9 Å². The fraction of sp³-hybridized carbons (Fsp3) is 0.353. The monoisotopic (exact) mass is 328 g/mol. The van der Waals surface area contributed by atoms with Gasteiger partial charge in [0.05, 0.1) is 12.8 Å². The highest BCUT2D eigenvalue weighted by Crippen LogP contribution is 2.15. The standard InChI is InChI=1S/C17H20N4O3/c1-12(2)7-8-21-17(23)20-10-9-19(16(22)15(20)18-21)13-5-4-6-14(11-13)24-3/h4-6,9-12H,7-8H2,1-3H3. The van der Waals surface area contributed by atoms with Crippen LogP contribution in [-0.2, 0) is 6.54 Å². The zero-order chi connectivity index (χ0) is 17.3. The van der Waals surface area contributed by atoms with Gasteiger partial charge < -0.3 is 4.74 Å². The van der Waals surface area contributed by atoms with Crippen LogP contribution in [0.5, 0.6) is 5.75 Å². The molecule has 0 fully saturated rings. The normalized spacial score (nSPS) is 11.3. The van der Waals surface area contributed by atoms with E-state index in [1.165, 1.54) is 13.6 Å². The second-order valence-corrected chi connectivity index (χ2v) is 6.06. The Balaban J connectivity index is 2.11. The van der Waals surface area contributed by atoms with Crippen LogP contribution >= 0.6 is 0 Å². The lowest BCUT2D eigenvalue weighted by Crippen LogP contribution is -2.24. The summed E-state index contributed by atoms with van der Waals surface area (Å²) in [6.07, 6.45) is 3.96. The van der Waals surface area contributed by atoms with Crippen LogP contribution in [0.4, 0.5) is 0 Å². The molecule has 0 unspecified atom stereocenters. The second-order valence-electron chi connectivity index (χ2n) is 6.06. The molecule has 0 N–H and O–H groups in total. The molecule has 0 bridgehead atoms. The van der Waals surface area contributed by atoms with Crippen molar-refractivity contribution in [2.75, 3.05) is 7.11 Å². The highest BCUT2D eigenvalue weighted by molar-refractivity contribution is 5.43. The van der Waals surface area contributed by atoms with Crippen LogP contribution in [0.25, 0.3) is 11.3 Å². The van der Waals surface area contributed by atoms with Crippen LogP contribution in [0, 0.1) is 5.92 Å². The smallest absolute Gasteiger partial charge is 0.350 e. The molecule has 7 nitrogen and oxygen atoms in total. The Bertz CT molecular complexity index is 981. The average molecular weight is 328 g/mol. The molecule has 0 aliphatic heterocycles. The Morgan fingerprint density at radius 1 is 1.21 bits per heavy atom. The van der Waals surface area contributed by atoms with E-state index in [2.05, 4.69) is 18.9 Å². The molecule has 0 aliphatic rings. The van der Waals surface area contributed by atoms with Crippen molar-refractivity contribution < 1.29 is 4.74 Å². The van der Waals surface area contributed by atoms with Crippen LogP contribution in [0.15, 0.2) is 46.2 Å².